The molecule has 1 N–H and O–H groups in total. The van der Waals surface area contributed by atoms with Crippen LogP contribution in [0.25, 0.3) is 0 Å². The average Bonchev–Trinajstić information content (AvgIpc) is 3.23. The molecular formula is C23H25FN4O2S. The average molecular weight is 441 g/mol. The SMILES string of the molecule is COc1ccc(Cc2nnc(C3CCN(CC(=O)Nc4cccc(F)c4)CC3)s2)cc1. The fraction of sp³-hybridized carbons (Fsp3) is 0.348. The van der Waals surface area contributed by atoms with Gasteiger partial charge in [-0.25, -0.2) is 4.39 Å². The van der Waals surface area contributed by atoms with Crippen LogP contribution < -0.4 is 10.1 Å². The second-order valence-electron chi connectivity index (χ2n) is 7.67. The molecule has 0 saturated carbocycles. The van der Waals surface area contributed by atoms with Crippen molar-refractivity contribution in [1.29, 1.82) is 0 Å². The van der Waals surface area contributed by atoms with Crippen molar-refractivity contribution >= 4 is 22.9 Å². The highest BCUT2D eigenvalue weighted by atomic mass is 32.1. The number of carbonyl (C=O) groups is 1. The summed E-state index contributed by atoms with van der Waals surface area (Å²) < 4.78 is 18.5. The summed E-state index contributed by atoms with van der Waals surface area (Å²) in [4.78, 5) is 14.4. The first-order valence-electron chi connectivity index (χ1n) is 10.3. The van der Waals surface area contributed by atoms with Gasteiger partial charge in [0.05, 0.1) is 13.7 Å². The molecule has 1 saturated heterocycles. The Hall–Kier alpha value is -2.84. The van der Waals surface area contributed by atoms with Crippen molar-refractivity contribution in [1.82, 2.24) is 15.1 Å². The maximum Gasteiger partial charge on any atom is 0.238 e. The van der Waals surface area contributed by atoms with Gasteiger partial charge in [-0.2, -0.15) is 0 Å². The Morgan fingerprint density at radius 1 is 1.19 bits per heavy atom. The number of hydrogen-bond acceptors (Lipinski definition) is 6. The number of amides is 1. The van der Waals surface area contributed by atoms with Gasteiger partial charge in [-0.05, 0) is 61.8 Å². The van der Waals surface area contributed by atoms with Gasteiger partial charge in [0.1, 0.15) is 21.6 Å². The number of methoxy groups -OCH3 is 1. The van der Waals surface area contributed by atoms with Crippen LogP contribution in [0.4, 0.5) is 10.1 Å². The minimum Gasteiger partial charge on any atom is -0.497 e. The fourth-order valence-corrected chi connectivity index (χ4v) is 4.77. The van der Waals surface area contributed by atoms with E-state index >= 15 is 0 Å². The second kappa shape index (κ2) is 9.98. The summed E-state index contributed by atoms with van der Waals surface area (Å²) in [6.07, 6.45) is 2.66. The smallest absolute Gasteiger partial charge is 0.238 e. The van der Waals surface area contributed by atoms with Crippen molar-refractivity contribution < 1.29 is 13.9 Å². The zero-order chi connectivity index (χ0) is 21.6. The van der Waals surface area contributed by atoms with Gasteiger partial charge in [-0.1, -0.05) is 18.2 Å². The van der Waals surface area contributed by atoms with Crippen molar-refractivity contribution in [2.45, 2.75) is 25.2 Å². The summed E-state index contributed by atoms with van der Waals surface area (Å²) in [5.41, 5.74) is 1.67. The van der Waals surface area contributed by atoms with E-state index in [1.807, 2.05) is 24.3 Å². The largest absolute Gasteiger partial charge is 0.497 e. The number of nitrogens with zero attached hydrogens (tertiary/aromatic N) is 3. The van der Waals surface area contributed by atoms with Crippen molar-refractivity contribution in [3.63, 3.8) is 0 Å². The molecule has 0 radical (unpaired) electrons. The van der Waals surface area contributed by atoms with E-state index in [2.05, 4.69) is 20.4 Å². The quantitative estimate of drug-likeness (QED) is 0.599. The lowest BCUT2D eigenvalue weighted by Gasteiger charge is -2.30. The number of benzene rings is 2. The molecule has 0 unspecified atom stereocenters. The van der Waals surface area contributed by atoms with Gasteiger partial charge in [0.25, 0.3) is 0 Å². The third-order valence-corrected chi connectivity index (χ3v) is 6.50. The van der Waals surface area contributed by atoms with Crippen LogP contribution in [-0.2, 0) is 11.2 Å². The molecule has 6 nitrogen and oxygen atoms in total. The molecule has 0 aliphatic carbocycles. The Kier molecular flexibility index (Phi) is 6.89. The molecule has 0 atom stereocenters. The lowest BCUT2D eigenvalue weighted by molar-refractivity contribution is -0.117. The number of nitrogens with one attached hydrogen (secondary N) is 1. The Labute approximate surface area is 185 Å². The van der Waals surface area contributed by atoms with E-state index in [9.17, 15) is 9.18 Å². The van der Waals surface area contributed by atoms with E-state index < -0.39 is 0 Å². The number of rotatable bonds is 7. The van der Waals surface area contributed by atoms with Crippen molar-refractivity contribution in [3.05, 3.63) is 69.9 Å². The van der Waals surface area contributed by atoms with E-state index in [4.69, 9.17) is 4.74 Å². The number of piperidine rings is 1. The molecule has 162 valence electrons. The first-order valence-corrected chi connectivity index (χ1v) is 11.1. The summed E-state index contributed by atoms with van der Waals surface area (Å²) in [6, 6.07) is 14.0. The zero-order valence-corrected chi connectivity index (χ0v) is 18.2. The Morgan fingerprint density at radius 3 is 2.68 bits per heavy atom. The number of aromatic nitrogens is 2. The number of halogens is 1. The van der Waals surface area contributed by atoms with Crippen LogP contribution in [0.15, 0.2) is 48.5 Å². The Bertz CT molecular complexity index is 1020. The molecule has 0 spiro atoms. The predicted molar refractivity (Wildman–Crippen MR) is 119 cm³/mol. The molecule has 1 aliphatic heterocycles. The molecule has 31 heavy (non-hydrogen) atoms. The van der Waals surface area contributed by atoms with E-state index in [0.717, 1.165) is 48.1 Å². The first-order chi connectivity index (χ1) is 15.1. The highest BCUT2D eigenvalue weighted by molar-refractivity contribution is 7.11. The van der Waals surface area contributed by atoms with E-state index in [1.165, 1.54) is 17.7 Å². The molecule has 3 aromatic rings. The molecule has 4 rings (SSSR count). The molecule has 2 aromatic carbocycles. The monoisotopic (exact) mass is 440 g/mol. The number of hydrogen-bond donors (Lipinski definition) is 1. The van der Waals surface area contributed by atoms with Crippen LogP contribution in [0.5, 0.6) is 5.75 Å². The zero-order valence-electron chi connectivity index (χ0n) is 17.4. The predicted octanol–water partition coefficient (Wildman–Crippen LogP) is 4.09. The van der Waals surface area contributed by atoms with Crippen LogP contribution in [0.3, 0.4) is 0 Å². The summed E-state index contributed by atoms with van der Waals surface area (Å²) in [5, 5.41) is 13.7. The van der Waals surface area contributed by atoms with Gasteiger partial charge in [0.2, 0.25) is 5.91 Å². The van der Waals surface area contributed by atoms with Crippen LogP contribution in [0.1, 0.15) is 34.3 Å². The number of ether oxygens (including phenoxy) is 1. The topological polar surface area (TPSA) is 67.4 Å². The molecule has 1 amide bonds. The lowest BCUT2D eigenvalue weighted by Crippen LogP contribution is -2.38. The minimum atomic E-state index is -0.359. The minimum absolute atomic E-state index is 0.123. The van der Waals surface area contributed by atoms with E-state index in [0.29, 0.717) is 18.2 Å². The Balaban J connectivity index is 1.25. The highest BCUT2D eigenvalue weighted by Crippen LogP contribution is 2.30. The van der Waals surface area contributed by atoms with Gasteiger partial charge < -0.3 is 10.1 Å². The molecule has 0 bridgehead atoms. The maximum atomic E-state index is 13.3. The highest BCUT2D eigenvalue weighted by Gasteiger charge is 2.25. The standard InChI is InChI=1S/C23H25FN4O2S/c1-30-20-7-5-16(6-8-20)13-22-26-27-23(31-22)17-9-11-28(12-10-17)15-21(29)25-19-4-2-3-18(24)14-19/h2-8,14,17H,9-13,15H2,1H3,(H,25,29). The molecule has 1 aromatic heterocycles. The first kappa shape index (κ1) is 21.4. The van der Waals surface area contributed by atoms with Gasteiger partial charge in [0, 0.05) is 18.0 Å². The van der Waals surface area contributed by atoms with E-state index in [1.54, 1.807) is 30.6 Å². The maximum absolute atomic E-state index is 13.3. The van der Waals surface area contributed by atoms with E-state index in [-0.39, 0.29) is 11.7 Å². The van der Waals surface area contributed by atoms with Gasteiger partial charge >= 0.3 is 0 Å². The summed E-state index contributed by atoms with van der Waals surface area (Å²) in [5.74, 6) is 0.742. The fourth-order valence-electron chi connectivity index (χ4n) is 3.73. The molecule has 8 heteroatoms. The van der Waals surface area contributed by atoms with Crippen molar-refractivity contribution in [2.24, 2.45) is 0 Å². The Morgan fingerprint density at radius 2 is 1.97 bits per heavy atom. The van der Waals surface area contributed by atoms with Gasteiger partial charge in [-0.3, -0.25) is 9.69 Å². The third-order valence-electron chi connectivity index (χ3n) is 5.41. The normalized spacial score (nSPS) is 15.0. The molecule has 2 heterocycles. The molecular weight excluding hydrogens is 415 g/mol. The van der Waals surface area contributed by atoms with Gasteiger partial charge in [0.15, 0.2) is 0 Å². The van der Waals surface area contributed by atoms with Crippen molar-refractivity contribution in [2.75, 3.05) is 32.1 Å². The summed E-state index contributed by atoms with van der Waals surface area (Å²) in [6.45, 7) is 1.96. The third kappa shape index (κ3) is 5.86. The number of likely N-dealkylation sites (tertiary alicyclic amines) is 1. The van der Waals surface area contributed by atoms with Crippen LogP contribution in [-0.4, -0.2) is 47.7 Å². The van der Waals surface area contributed by atoms with Crippen LogP contribution in [0, 0.1) is 5.82 Å². The number of carbonyl (C=O) groups excluding carboxylic acids is 1. The molecule has 1 fully saturated rings. The molecule has 1 aliphatic rings. The number of anilines is 1. The van der Waals surface area contributed by atoms with Crippen LogP contribution >= 0.6 is 11.3 Å². The lowest BCUT2D eigenvalue weighted by atomic mass is 9.98. The van der Waals surface area contributed by atoms with Crippen LogP contribution in [0.2, 0.25) is 0 Å². The van der Waals surface area contributed by atoms with Crippen molar-refractivity contribution in [3.8, 4) is 5.75 Å². The summed E-state index contributed by atoms with van der Waals surface area (Å²) >= 11 is 1.68. The second-order valence-corrected chi connectivity index (χ2v) is 8.76. The summed E-state index contributed by atoms with van der Waals surface area (Å²) in [7, 11) is 1.66. The van der Waals surface area contributed by atoms with Gasteiger partial charge in [-0.15, -0.1) is 21.5 Å².